The summed E-state index contributed by atoms with van der Waals surface area (Å²) in [6.07, 6.45) is 0. The first-order valence-corrected chi connectivity index (χ1v) is 11.4. The van der Waals surface area contributed by atoms with Gasteiger partial charge >= 0.3 is 0 Å². The number of methoxy groups -OCH3 is 2. The van der Waals surface area contributed by atoms with Gasteiger partial charge in [0.05, 0.1) is 14.2 Å². The molecule has 0 atom stereocenters. The van der Waals surface area contributed by atoms with Crippen LogP contribution in [0.2, 0.25) is 0 Å². The topological polar surface area (TPSA) is 92.5 Å². The first-order chi connectivity index (χ1) is 17.2. The van der Waals surface area contributed by atoms with Crippen molar-refractivity contribution in [2.45, 2.75) is 19.3 Å². The fourth-order valence-electron chi connectivity index (χ4n) is 3.91. The Morgan fingerprint density at radius 3 is 2.31 bits per heavy atom. The van der Waals surface area contributed by atoms with Gasteiger partial charge in [-0.05, 0) is 60.2 Å². The van der Waals surface area contributed by atoms with Crippen LogP contribution in [0.15, 0.2) is 66.7 Å². The van der Waals surface area contributed by atoms with Gasteiger partial charge in [-0.3, -0.25) is 9.59 Å². The Morgan fingerprint density at radius 1 is 0.889 bits per heavy atom. The van der Waals surface area contributed by atoms with Crippen molar-refractivity contribution in [1.29, 1.82) is 0 Å². The number of fused-ring (bicyclic) bond motifs is 1. The van der Waals surface area contributed by atoms with Crippen LogP contribution in [0, 0.1) is 5.82 Å². The highest BCUT2D eigenvalue weighted by Crippen LogP contribution is 2.28. The highest BCUT2D eigenvalue weighted by molar-refractivity contribution is 6.04. The molecule has 0 fully saturated rings. The third-order valence-corrected chi connectivity index (χ3v) is 6.09. The van der Waals surface area contributed by atoms with E-state index in [1.165, 1.54) is 26.4 Å². The Morgan fingerprint density at radius 2 is 1.61 bits per heavy atom. The van der Waals surface area contributed by atoms with Crippen LogP contribution in [0.4, 0.5) is 10.1 Å². The Balaban J connectivity index is 1.39. The number of anilines is 1. The highest BCUT2D eigenvalue weighted by atomic mass is 19.1. The van der Waals surface area contributed by atoms with E-state index in [4.69, 9.17) is 9.47 Å². The number of hydrogen-bond donors (Lipinski definition) is 3. The van der Waals surface area contributed by atoms with Crippen molar-refractivity contribution in [2.75, 3.05) is 26.1 Å². The van der Waals surface area contributed by atoms with E-state index < -0.39 is 0 Å². The van der Waals surface area contributed by atoms with E-state index >= 15 is 0 Å². The molecule has 0 saturated carbocycles. The third kappa shape index (κ3) is 5.33. The molecule has 0 aliphatic carbocycles. The number of benzene rings is 3. The first-order valence-electron chi connectivity index (χ1n) is 11.4. The number of nitrogens with one attached hydrogen (secondary N) is 3. The van der Waals surface area contributed by atoms with Gasteiger partial charge in [0.1, 0.15) is 11.5 Å². The lowest BCUT2D eigenvalue weighted by molar-refractivity contribution is 0.0940. The monoisotopic (exact) mass is 489 g/mol. The minimum Gasteiger partial charge on any atom is -0.493 e. The number of carbonyl (C=O) groups excluding carboxylic acids is 2. The summed E-state index contributed by atoms with van der Waals surface area (Å²) in [5.41, 5.74) is 2.78. The molecule has 8 heteroatoms. The molecule has 0 aliphatic rings. The number of aromatic amines is 1. The molecule has 0 unspecified atom stereocenters. The number of halogens is 1. The van der Waals surface area contributed by atoms with E-state index in [-0.39, 0.29) is 23.0 Å². The lowest BCUT2D eigenvalue weighted by Gasteiger charge is -2.26. The molecule has 3 N–H and O–H groups in total. The standard InChI is InChI=1S/C28H28FN3O4/c1-28(2,16-30-27(34)23-14-18-13-20(29)8-11-22(18)32-23)19-6-9-21(10-7-19)31-26(33)17-5-12-24(35-3)25(15-17)36-4/h5-15,32H,16H2,1-4H3,(H,30,34)(H,31,33). The van der Waals surface area contributed by atoms with Crippen LogP contribution >= 0.6 is 0 Å². The summed E-state index contributed by atoms with van der Waals surface area (Å²) in [6, 6.07) is 18.4. The molecule has 0 spiro atoms. The molecular weight excluding hydrogens is 461 g/mol. The Kier molecular flexibility index (Phi) is 6.96. The number of hydrogen-bond acceptors (Lipinski definition) is 4. The maximum Gasteiger partial charge on any atom is 0.267 e. The van der Waals surface area contributed by atoms with Gasteiger partial charge in [-0.25, -0.2) is 4.39 Å². The van der Waals surface area contributed by atoms with Gasteiger partial charge in [-0.1, -0.05) is 26.0 Å². The van der Waals surface area contributed by atoms with Crippen LogP contribution in [0.1, 0.15) is 40.3 Å². The Hall–Kier alpha value is -4.33. The van der Waals surface area contributed by atoms with E-state index in [9.17, 15) is 14.0 Å². The van der Waals surface area contributed by atoms with Gasteiger partial charge in [0.25, 0.3) is 11.8 Å². The molecule has 2 amide bonds. The molecule has 1 aromatic heterocycles. The third-order valence-electron chi connectivity index (χ3n) is 6.09. The average Bonchev–Trinajstić information content (AvgIpc) is 3.30. The largest absolute Gasteiger partial charge is 0.493 e. The molecule has 36 heavy (non-hydrogen) atoms. The molecule has 4 rings (SSSR count). The van der Waals surface area contributed by atoms with Gasteiger partial charge in [0.15, 0.2) is 11.5 Å². The number of carbonyl (C=O) groups is 2. The molecule has 3 aromatic carbocycles. The molecular formula is C28H28FN3O4. The highest BCUT2D eigenvalue weighted by Gasteiger charge is 2.22. The smallest absolute Gasteiger partial charge is 0.267 e. The van der Waals surface area contributed by atoms with Crippen LogP contribution < -0.4 is 20.1 Å². The summed E-state index contributed by atoms with van der Waals surface area (Å²) in [6.45, 7) is 4.42. The van der Waals surface area contributed by atoms with Crippen molar-refractivity contribution in [1.82, 2.24) is 10.3 Å². The first kappa shape index (κ1) is 24.8. The minimum absolute atomic E-state index is 0.265. The van der Waals surface area contributed by atoms with Gasteiger partial charge in [0.2, 0.25) is 0 Å². The molecule has 0 radical (unpaired) electrons. The summed E-state index contributed by atoms with van der Waals surface area (Å²) in [4.78, 5) is 28.4. The van der Waals surface area contributed by atoms with E-state index in [0.717, 1.165) is 5.56 Å². The van der Waals surface area contributed by atoms with Crippen molar-refractivity contribution in [3.63, 3.8) is 0 Å². The molecule has 4 aromatic rings. The van der Waals surface area contributed by atoms with Crippen molar-refractivity contribution in [3.8, 4) is 11.5 Å². The van der Waals surface area contributed by atoms with Crippen LogP contribution in [-0.2, 0) is 5.41 Å². The van der Waals surface area contributed by atoms with Crippen molar-refractivity contribution < 1.29 is 23.5 Å². The number of rotatable bonds is 8. The maximum atomic E-state index is 13.4. The normalized spacial score (nSPS) is 11.2. The number of ether oxygens (including phenoxy) is 2. The van der Waals surface area contributed by atoms with Crippen molar-refractivity contribution >= 4 is 28.4 Å². The van der Waals surface area contributed by atoms with E-state index in [0.29, 0.717) is 45.9 Å². The van der Waals surface area contributed by atoms with E-state index in [1.807, 2.05) is 38.1 Å². The summed E-state index contributed by atoms with van der Waals surface area (Å²) in [7, 11) is 3.06. The van der Waals surface area contributed by atoms with Crippen molar-refractivity contribution in [2.24, 2.45) is 0 Å². The van der Waals surface area contributed by atoms with Crippen LogP contribution in [0.3, 0.4) is 0 Å². The second kappa shape index (κ2) is 10.1. The van der Waals surface area contributed by atoms with Crippen LogP contribution in [0.25, 0.3) is 10.9 Å². The Labute approximate surface area is 208 Å². The second-order valence-corrected chi connectivity index (χ2v) is 9.08. The zero-order valence-corrected chi connectivity index (χ0v) is 20.6. The number of amides is 2. The number of H-pyrrole nitrogens is 1. The molecule has 1 heterocycles. The van der Waals surface area contributed by atoms with Gasteiger partial charge in [0, 0.05) is 34.1 Å². The van der Waals surface area contributed by atoms with E-state index in [2.05, 4.69) is 15.6 Å². The van der Waals surface area contributed by atoms with Gasteiger partial charge < -0.3 is 25.1 Å². The fraction of sp³-hybridized carbons (Fsp3) is 0.214. The van der Waals surface area contributed by atoms with Crippen LogP contribution in [0.5, 0.6) is 11.5 Å². The van der Waals surface area contributed by atoms with Crippen LogP contribution in [-0.4, -0.2) is 37.6 Å². The SMILES string of the molecule is COc1ccc(C(=O)Nc2ccc(C(C)(C)CNC(=O)c3cc4cc(F)ccc4[nH]3)cc2)cc1OC. The van der Waals surface area contributed by atoms with Crippen molar-refractivity contribution in [3.05, 3.63) is 89.4 Å². The van der Waals surface area contributed by atoms with E-state index in [1.54, 1.807) is 30.3 Å². The Bertz CT molecular complexity index is 1410. The predicted octanol–water partition coefficient (Wildman–Crippen LogP) is 5.28. The summed E-state index contributed by atoms with van der Waals surface area (Å²) in [5, 5.41) is 6.47. The lowest BCUT2D eigenvalue weighted by Crippen LogP contribution is -2.36. The summed E-state index contributed by atoms with van der Waals surface area (Å²) >= 11 is 0. The van der Waals surface area contributed by atoms with Gasteiger partial charge in [-0.15, -0.1) is 0 Å². The summed E-state index contributed by atoms with van der Waals surface area (Å²) in [5.74, 6) is 0.139. The lowest BCUT2D eigenvalue weighted by atomic mass is 9.84. The zero-order valence-electron chi connectivity index (χ0n) is 20.6. The average molecular weight is 490 g/mol. The molecule has 186 valence electrons. The zero-order chi connectivity index (χ0) is 25.9. The molecule has 0 bridgehead atoms. The predicted molar refractivity (Wildman–Crippen MR) is 138 cm³/mol. The summed E-state index contributed by atoms with van der Waals surface area (Å²) < 4.78 is 23.9. The maximum absolute atomic E-state index is 13.4. The molecule has 0 saturated heterocycles. The molecule has 0 aliphatic heterocycles. The fourth-order valence-corrected chi connectivity index (χ4v) is 3.91. The minimum atomic E-state index is -0.375. The number of aromatic nitrogens is 1. The quantitative estimate of drug-likeness (QED) is 0.314. The second-order valence-electron chi connectivity index (χ2n) is 9.08. The van der Waals surface area contributed by atoms with Gasteiger partial charge in [-0.2, -0.15) is 0 Å². The molecule has 7 nitrogen and oxygen atoms in total.